The van der Waals surface area contributed by atoms with Gasteiger partial charge in [-0.05, 0) is 45.2 Å². The lowest BCUT2D eigenvalue weighted by Crippen LogP contribution is -2.41. The smallest absolute Gasteiger partial charge is 0.00672 e. The minimum Gasteiger partial charge on any atom is -0.313 e. The van der Waals surface area contributed by atoms with Crippen molar-refractivity contribution in [1.29, 1.82) is 0 Å². The molecule has 1 aliphatic rings. The Balaban J connectivity index is 2.20. The van der Waals surface area contributed by atoms with Gasteiger partial charge in [0.05, 0.1) is 0 Å². The van der Waals surface area contributed by atoms with E-state index in [1.807, 2.05) is 0 Å². The molecule has 1 atom stereocenters. The SMILES string of the molecule is CC(NCC(C)(C)CN(C)C)C1CC1. The molecule has 1 N–H and O–H groups in total. The average Bonchev–Trinajstić information content (AvgIpc) is 2.79. The second-order valence-corrected chi connectivity index (χ2v) is 5.91. The third-order valence-electron chi connectivity index (χ3n) is 2.98. The monoisotopic (exact) mass is 198 g/mol. The molecule has 1 saturated carbocycles. The van der Waals surface area contributed by atoms with E-state index in [-0.39, 0.29) is 0 Å². The van der Waals surface area contributed by atoms with Crippen molar-refractivity contribution < 1.29 is 0 Å². The highest BCUT2D eigenvalue weighted by Gasteiger charge is 2.29. The molecule has 0 radical (unpaired) electrons. The summed E-state index contributed by atoms with van der Waals surface area (Å²) in [6.45, 7) is 9.27. The zero-order valence-electron chi connectivity index (χ0n) is 10.4. The Kier molecular flexibility index (Phi) is 3.96. The van der Waals surface area contributed by atoms with Crippen LogP contribution in [0.5, 0.6) is 0 Å². The van der Waals surface area contributed by atoms with Gasteiger partial charge in [0.15, 0.2) is 0 Å². The molecule has 0 aromatic heterocycles. The lowest BCUT2D eigenvalue weighted by Gasteiger charge is -2.30. The second kappa shape index (κ2) is 4.63. The van der Waals surface area contributed by atoms with Crippen molar-refractivity contribution in [2.75, 3.05) is 27.2 Å². The molecular weight excluding hydrogens is 172 g/mol. The molecule has 2 heteroatoms. The van der Waals surface area contributed by atoms with Crippen LogP contribution in [0.3, 0.4) is 0 Å². The van der Waals surface area contributed by atoms with Crippen molar-refractivity contribution in [3.8, 4) is 0 Å². The highest BCUT2D eigenvalue weighted by Crippen LogP contribution is 2.32. The fourth-order valence-corrected chi connectivity index (χ4v) is 2.11. The quantitative estimate of drug-likeness (QED) is 0.702. The summed E-state index contributed by atoms with van der Waals surface area (Å²) >= 11 is 0. The number of nitrogens with zero attached hydrogens (tertiary/aromatic N) is 1. The molecule has 0 bridgehead atoms. The van der Waals surface area contributed by atoms with Gasteiger partial charge in [0.25, 0.3) is 0 Å². The van der Waals surface area contributed by atoms with Gasteiger partial charge >= 0.3 is 0 Å². The standard InChI is InChI=1S/C12H26N2/c1-10(11-6-7-11)13-8-12(2,3)9-14(4)5/h10-11,13H,6-9H2,1-5H3. The Morgan fingerprint density at radius 3 is 2.36 bits per heavy atom. The molecule has 0 heterocycles. The molecule has 0 amide bonds. The molecule has 1 fully saturated rings. The van der Waals surface area contributed by atoms with Gasteiger partial charge in [-0.15, -0.1) is 0 Å². The van der Waals surface area contributed by atoms with Crippen molar-refractivity contribution >= 4 is 0 Å². The number of hydrogen-bond donors (Lipinski definition) is 1. The second-order valence-electron chi connectivity index (χ2n) is 5.91. The third-order valence-corrected chi connectivity index (χ3v) is 2.98. The van der Waals surface area contributed by atoms with E-state index in [0.717, 1.165) is 25.0 Å². The van der Waals surface area contributed by atoms with Crippen LogP contribution in [0, 0.1) is 11.3 Å². The van der Waals surface area contributed by atoms with Crippen LogP contribution in [0.2, 0.25) is 0 Å². The lowest BCUT2D eigenvalue weighted by atomic mass is 9.92. The summed E-state index contributed by atoms with van der Waals surface area (Å²) in [5.74, 6) is 0.963. The molecule has 0 aromatic rings. The molecule has 0 saturated heterocycles. The first-order chi connectivity index (χ1) is 6.41. The predicted molar refractivity (Wildman–Crippen MR) is 62.5 cm³/mol. The van der Waals surface area contributed by atoms with Crippen molar-refractivity contribution in [2.24, 2.45) is 11.3 Å². The van der Waals surface area contributed by atoms with E-state index in [0.29, 0.717) is 5.41 Å². The van der Waals surface area contributed by atoms with Gasteiger partial charge in [-0.3, -0.25) is 0 Å². The van der Waals surface area contributed by atoms with Crippen LogP contribution in [0.1, 0.15) is 33.6 Å². The van der Waals surface area contributed by atoms with Crippen LogP contribution < -0.4 is 5.32 Å². The number of rotatable bonds is 6. The maximum Gasteiger partial charge on any atom is 0.00672 e. The molecule has 0 spiro atoms. The third kappa shape index (κ3) is 4.43. The highest BCUT2D eigenvalue weighted by molar-refractivity contribution is 4.85. The maximum absolute atomic E-state index is 3.66. The topological polar surface area (TPSA) is 15.3 Å². The Bertz CT molecular complexity index is 171. The first-order valence-electron chi connectivity index (χ1n) is 5.79. The zero-order chi connectivity index (χ0) is 10.8. The molecule has 1 rings (SSSR count). The summed E-state index contributed by atoms with van der Waals surface area (Å²) in [6.07, 6.45) is 2.87. The number of hydrogen-bond acceptors (Lipinski definition) is 2. The van der Waals surface area contributed by atoms with Gasteiger partial charge < -0.3 is 10.2 Å². The normalized spacial score (nSPS) is 20.1. The van der Waals surface area contributed by atoms with Crippen LogP contribution in [0.4, 0.5) is 0 Å². The van der Waals surface area contributed by atoms with E-state index in [1.54, 1.807) is 0 Å². The summed E-state index contributed by atoms with van der Waals surface area (Å²) in [6, 6.07) is 0.719. The first kappa shape index (κ1) is 12.0. The Hall–Kier alpha value is -0.0800. The van der Waals surface area contributed by atoms with Gasteiger partial charge in [-0.2, -0.15) is 0 Å². The summed E-state index contributed by atoms with van der Waals surface area (Å²) < 4.78 is 0. The number of nitrogens with one attached hydrogen (secondary N) is 1. The molecule has 1 aliphatic carbocycles. The summed E-state index contributed by atoms with van der Waals surface area (Å²) in [5, 5.41) is 3.66. The van der Waals surface area contributed by atoms with E-state index in [9.17, 15) is 0 Å². The zero-order valence-corrected chi connectivity index (χ0v) is 10.4. The highest BCUT2D eigenvalue weighted by atomic mass is 15.1. The summed E-state index contributed by atoms with van der Waals surface area (Å²) in [7, 11) is 4.29. The minimum absolute atomic E-state index is 0.382. The Morgan fingerprint density at radius 1 is 1.36 bits per heavy atom. The largest absolute Gasteiger partial charge is 0.313 e. The fourth-order valence-electron chi connectivity index (χ4n) is 2.11. The molecule has 14 heavy (non-hydrogen) atoms. The van der Waals surface area contributed by atoms with E-state index in [4.69, 9.17) is 0 Å². The van der Waals surface area contributed by atoms with E-state index < -0.39 is 0 Å². The lowest BCUT2D eigenvalue weighted by molar-refractivity contribution is 0.224. The van der Waals surface area contributed by atoms with E-state index in [2.05, 4.69) is 45.1 Å². The maximum atomic E-state index is 3.66. The van der Waals surface area contributed by atoms with Crippen LogP contribution in [-0.4, -0.2) is 38.1 Å². The van der Waals surface area contributed by atoms with E-state index >= 15 is 0 Å². The van der Waals surface area contributed by atoms with Gasteiger partial charge in [-0.25, -0.2) is 0 Å². The fraction of sp³-hybridized carbons (Fsp3) is 1.00. The van der Waals surface area contributed by atoms with Crippen LogP contribution in [0.25, 0.3) is 0 Å². The van der Waals surface area contributed by atoms with Gasteiger partial charge in [0.1, 0.15) is 0 Å². The van der Waals surface area contributed by atoms with Crippen molar-refractivity contribution in [1.82, 2.24) is 10.2 Å². The molecule has 84 valence electrons. The molecule has 0 aliphatic heterocycles. The van der Waals surface area contributed by atoms with E-state index in [1.165, 1.54) is 12.8 Å². The summed E-state index contributed by atoms with van der Waals surface area (Å²) in [4.78, 5) is 2.27. The van der Waals surface area contributed by atoms with Crippen LogP contribution >= 0.6 is 0 Å². The molecular formula is C12H26N2. The van der Waals surface area contributed by atoms with Crippen LogP contribution in [-0.2, 0) is 0 Å². The van der Waals surface area contributed by atoms with Crippen molar-refractivity contribution in [3.05, 3.63) is 0 Å². The van der Waals surface area contributed by atoms with Crippen molar-refractivity contribution in [3.63, 3.8) is 0 Å². The molecule has 1 unspecified atom stereocenters. The molecule has 0 aromatic carbocycles. The van der Waals surface area contributed by atoms with Crippen LogP contribution in [0.15, 0.2) is 0 Å². The first-order valence-corrected chi connectivity index (χ1v) is 5.79. The average molecular weight is 198 g/mol. The van der Waals surface area contributed by atoms with Crippen molar-refractivity contribution in [2.45, 2.75) is 39.7 Å². The Labute approximate surface area is 89.1 Å². The van der Waals surface area contributed by atoms with Gasteiger partial charge in [0, 0.05) is 19.1 Å². The minimum atomic E-state index is 0.382. The van der Waals surface area contributed by atoms with Gasteiger partial charge in [0.2, 0.25) is 0 Å². The van der Waals surface area contributed by atoms with Gasteiger partial charge in [-0.1, -0.05) is 13.8 Å². The molecule has 2 nitrogen and oxygen atoms in total. The Morgan fingerprint density at radius 2 is 1.93 bits per heavy atom. The predicted octanol–water partition coefficient (Wildman–Crippen LogP) is 1.96. The summed E-state index contributed by atoms with van der Waals surface area (Å²) in [5.41, 5.74) is 0.382.